The first-order valence-corrected chi connectivity index (χ1v) is 12.9. The van der Waals surface area contributed by atoms with E-state index in [0.717, 1.165) is 17.5 Å². The minimum atomic E-state index is -3.98. The van der Waals surface area contributed by atoms with E-state index in [4.69, 9.17) is 4.74 Å². The second kappa shape index (κ2) is 9.77. The number of aromatic nitrogens is 1. The Bertz CT molecular complexity index is 1310. The number of nitrogens with zero attached hydrogens (tertiary/aromatic N) is 1. The van der Waals surface area contributed by atoms with Gasteiger partial charge in [0.15, 0.2) is 0 Å². The Labute approximate surface area is 205 Å². The fourth-order valence-electron chi connectivity index (χ4n) is 3.93. The van der Waals surface area contributed by atoms with Crippen molar-refractivity contribution in [3.05, 3.63) is 89.1 Å². The zero-order valence-corrected chi connectivity index (χ0v) is 20.7. The van der Waals surface area contributed by atoms with Crippen LogP contribution in [-0.2, 0) is 23.0 Å². The van der Waals surface area contributed by atoms with Crippen molar-refractivity contribution in [3.8, 4) is 5.88 Å². The number of carbonyl (C=O) groups excluding carboxylic acids is 1. The maximum absolute atomic E-state index is 13.2. The maximum atomic E-state index is 13.2. The van der Waals surface area contributed by atoms with Crippen LogP contribution >= 0.6 is 0 Å². The van der Waals surface area contributed by atoms with Crippen LogP contribution in [0.1, 0.15) is 53.9 Å². The molecule has 1 aliphatic rings. The Morgan fingerprint density at radius 1 is 1.09 bits per heavy atom. The van der Waals surface area contributed by atoms with Crippen LogP contribution < -0.4 is 14.8 Å². The van der Waals surface area contributed by atoms with Gasteiger partial charge in [-0.3, -0.25) is 4.79 Å². The van der Waals surface area contributed by atoms with Crippen molar-refractivity contribution in [2.75, 3.05) is 0 Å². The number of hydrogen-bond acceptors (Lipinski definition) is 6. The monoisotopic (exact) mass is 495 g/mol. The zero-order chi connectivity index (χ0) is 25.2. The summed E-state index contributed by atoms with van der Waals surface area (Å²) in [6.45, 7) is 5.62. The van der Waals surface area contributed by atoms with E-state index in [1.54, 1.807) is 26.0 Å². The molecule has 3 N–H and O–H groups in total. The number of amides is 1. The number of sulfonamides is 1. The standard InChI is InChI=1S/C26H29N3O5S/c1-4-17-10-12-20(13-11-17)35(32,33)29-22-21-14-19(16-28-25(21)34-26(2,3)23(22)30)24(31)27-15-18-8-6-5-7-9-18/h5-14,16,22-23,29-30H,4,15H2,1-3H3,(H,27,31)/t22-,23+/m1/s1. The molecule has 1 amide bonds. The van der Waals surface area contributed by atoms with E-state index in [1.807, 2.05) is 37.3 Å². The SMILES string of the molecule is CCc1ccc(S(=O)(=O)N[C@@H]2c3cc(C(=O)NCc4ccccc4)cnc3OC(C)(C)[C@H]2O)cc1. The molecule has 4 rings (SSSR count). The van der Waals surface area contributed by atoms with E-state index in [-0.39, 0.29) is 27.8 Å². The first kappa shape index (κ1) is 24.8. The number of aliphatic hydroxyl groups is 1. The molecule has 2 heterocycles. The molecule has 184 valence electrons. The van der Waals surface area contributed by atoms with Crippen molar-refractivity contribution in [3.63, 3.8) is 0 Å². The van der Waals surface area contributed by atoms with Gasteiger partial charge in [0.25, 0.3) is 5.91 Å². The van der Waals surface area contributed by atoms with Crippen molar-refractivity contribution in [1.29, 1.82) is 0 Å². The predicted molar refractivity (Wildman–Crippen MR) is 131 cm³/mol. The number of ether oxygens (including phenoxy) is 1. The van der Waals surface area contributed by atoms with Gasteiger partial charge in [-0.15, -0.1) is 0 Å². The third-order valence-corrected chi connectivity index (χ3v) is 7.54. The first-order chi connectivity index (χ1) is 16.6. The molecule has 0 bridgehead atoms. The molecule has 0 spiro atoms. The highest BCUT2D eigenvalue weighted by Gasteiger charge is 2.45. The molecule has 1 aromatic heterocycles. The molecule has 3 aromatic rings. The summed E-state index contributed by atoms with van der Waals surface area (Å²) in [5, 5.41) is 13.9. The van der Waals surface area contributed by atoms with Crippen molar-refractivity contribution in [1.82, 2.24) is 15.0 Å². The highest BCUT2D eigenvalue weighted by molar-refractivity contribution is 7.89. The molecular weight excluding hydrogens is 466 g/mol. The number of aliphatic hydroxyl groups excluding tert-OH is 1. The Kier molecular flexibility index (Phi) is 6.93. The Hall–Kier alpha value is -3.27. The lowest BCUT2D eigenvalue weighted by molar-refractivity contribution is -0.0632. The van der Waals surface area contributed by atoms with Gasteiger partial charge in [-0.05, 0) is 49.6 Å². The molecule has 0 fully saturated rings. The highest BCUT2D eigenvalue weighted by Crippen LogP contribution is 2.39. The number of benzene rings is 2. The number of aryl methyl sites for hydroxylation is 1. The van der Waals surface area contributed by atoms with Crippen LogP contribution in [-0.4, -0.2) is 36.1 Å². The fraction of sp³-hybridized carbons (Fsp3) is 0.308. The third-order valence-electron chi connectivity index (χ3n) is 6.08. The second-order valence-electron chi connectivity index (χ2n) is 9.03. The summed E-state index contributed by atoms with van der Waals surface area (Å²) in [5.74, 6) is -0.214. The lowest BCUT2D eigenvalue weighted by Gasteiger charge is -2.41. The predicted octanol–water partition coefficient (Wildman–Crippen LogP) is 3.13. The molecule has 2 atom stereocenters. The zero-order valence-electron chi connectivity index (χ0n) is 19.9. The summed E-state index contributed by atoms with van der Waals surface area (Å²) in [6, 6.07) is 16.5. The van der Waals surface area contributed by atoms with Gasteiger partial charge in [0.1, 0.15) is 11.7 Å². The first-order valence-electron chi connectivity index (χ1n) is 11.4. The molecular formula is C26H29N3O5S. The van der Waals surface area contributed by atoms with Crippen molar-refractivity contribution in [2.45, 2.75) is 56.4 Å². The highest BCUT2D eigenvalue weighted by atomic mass is 32.2. The fourth-order valence-corrected chi connectivity index (χ4v) is 5.15. The quantitative estimate of drug-likeness (QED) is 0.464. The number of nitrogens with one attached hydrogen (secondary N) is 2. The summed E-state index contributed by atoms with van der Waals surface area (Å²) < 4.78 is 34.8. The van der Waals surface area contributed by atoms with Crippen LogP contribution in [0.4, 0.5) is 0 Å². The summed E-state index contributed by atoms with van der Waals surface area (Å²) in [7, 11) is -3.98. The topological polar surface area (TPSA) is 118 Å². The van der Waals surface area contributed by atoms with Crippen LogP contribution in [0.2, 0.25) is 0 Å². The molecule has 35 heavy (non-hydrogen) atoms. The van der Waals surface area contributed by atoms with Gasteiger partial charge in [-0.2, -0.15) is 0 Å². The summed E-state index contributed by atoms with van der Waals surface area (Å²) in [5.41, 5.74) is 1.35. The number of carbonyl (C=O) groups is 1. The van der Waals surface area contributed by atoms with E-state index in [9.17, 15) is 18.3 Å². The Morgan fingerprint density at radius 3 is 2.43 bits per heavy atom. The van der Waals surface area contributed by atoms with Crippen LogP contribution in [0.3, 0.4) is 0 Å². The summed E-state index contributed by atoms with van der Waals surface area (Å²) >= 11 is 0. The number of rotatable bonds is 7. The average molecular weight is 496 g/mol. The molecule has 0 unspecified atom stereocenters. The van der Waals surface area contributed by atoms with Gasteiger partial charge in [-0.25, -0.2) is 18.1 Å². The van der Waals surface area contributed by atoms with Gasteiger partial charge in [0, 0.05) is 18.3 Å². The van der Waals surface area contributed by atoms with Gasteiger partial charge in [0.05, 0.1) is 16.5 Å². The lowest BCUT2D eigenvalue weighted by Crippen LogP contribution is -2.53. The van der Waals surface area contributed by atoms with E-state index in [1.165, 1.54) is 24.4 Å². The maximum Gasteiger partial charge on any atom is 0.253 e. The second-order valence-corrected chi connectivity index (χ2v) is 10.7. The van der Waals surface area contributed by atoms with Crippen molar-refractivity contribution < 1.29 is 23.1 Å². The van der Waals surface area contributed by atoms with E-state index >= 15 is 0 Å². The van der Waals surface area contributed by atoms with Crippen LogP contribution in [0.25, 0.3) is 0 Å². The van der Waals surface area contributed by atoms with Crippen LogP contribution in [0.15, 0.2) is 71.8 Å². The molecule has 8 nitrogen and oxygen atoms in total. The molecule has 1 aliphatic heterocycles. The molecule has 0 saturated heterocycles. The Balaban J connectivity index is 1.63. The Morgan fingerprint density at radius 2 is 1.77 bits per heavy atom. The van der Waals surface area contributed by atoms with Crippen LogP contribution in [0, 0.1) is 0 Å². The number of hydrogen-bond donors (Lipinski definition) is 3. The molecule has 0 radical (unpaired) electrons. The normalized spacial score (nSPS) is 18.9. The number of pyridine rings is 1. The average Bonchev–Trinajstić information content (AvgIpc) is 2.85. The van der Waals surface area contributed by atoms with E-state index in [2.05, 4.69) is 15.0 Å². The molecule has 2 aromatic carbocycles. The minimum Gasteiger partial charge on any atom is -0.469 e. The van der Waals surface area contributed by atoms with Gasteiger partial charge in [-0.1, -0.05) is 49.4 Å². The molecule has 0 saturated carbocycles. The third kappa shape index (κ3) is 5.37. The lowest BCUT2D eigenvalue weighted by atomic mass is 9.88. The largest absolute Gasteiger partial charge is 0.469 e. The van der Waals surface area contributed by atoms with E-state index in [0.29, 0.717) is 6.54 Å². The van der Waals surface area contributed by atoms with Crippen LogP contribution in [0.5, 0.6) is 5.88 Å². The molecule has 0 aliphatic carbocycles. The van der Waals surface area contributed by atoms with E-state index < -0.39 is 27.8 Å². The van der Waals surface area contributed by atoms with Gasteiger partial charge < -0.3 is 15.2 Å². The molecule has 9 heteroatoms. The van der Waals surface area contributed by atoms with Crippen molar-refractivity contribution >= 4 is 15.9 Å². The summed E-state index contributed by atoms with van der Waals surface area (Å²) in [4.78, 5) is 17.1. The van der Waals surface area contributed by atoms with Gasteiger partial charge >= 0.3 is 0 Å². The smallest absolute Gasteiger partial charge is 0.253 e. The number of fused-ring (bicyclic) bond motifs is 1. The van der Waals surface area contributed by atoms with Crippen molar-refractivity contribution in [2.24, 2.45) is 0 Å². The minimum absolute atomic E-state index is 0.0810. The summed E-state index contributed by atoms with van der Waals surface area (Å²) in [6.07, 6.45) is 0.931. The van der Waals surface area contributed by atoms with Gasteiger partial charge in [0.2, 0.25) is 15.9 Å².